The highest BCUT2D eigenvalue weighted by molar-refractivity contribution is 8.13. The van der Waals surface area contributed by atoms with Crippen molar-refractivity contribution in [3.63, 3.8) is 0 Å². The summed E-state index contributed by atoms with van der Waals surface area (Å²) in [6.07, 6.45) is 1.86. The summed E-state index contributed by atoms with van der Waals surface area (Å²) in [5.74, 6) is -9.61. The van der Waals surface area contributed by atoms with Crippen molar-refractivity contribution in [1.82, 2.24) is 4.90 Å². The van der Waals surface area contributed by atoms with Crippen LogP contribution in [0, 0.1) is 29.2 Å². The molecule has 1 aliphatic rings. The summed E-state index contributed by atoms with van der Waals surface area (Å²) in [6.45, 7) is 4.29. The number of halogens is 5. The van der Waals surface area contributed by atoms with Gasteiger partial charge in [0.1, 0.15) is 5.56 Å². The summed E-state index contributed by atoms with van der Waals surface area (Å²) >= 11 is 0. The molecule has 2 aromatic rings. The molecule has 0 radical (unpaired) electrons. The lowest BCUT2D eigenvalue weighted by Gasteiger charge is -2.32. The number of hydrogen-bond donors (Lipinski definition) is 0. The van der Waals surface area contributed by atoms with Crippen molar-refractivity contribution in [3.8, 4) is 0 Å². The van der Waals surface area contributed by atoms with Crippen molar-refractivity contribution in [1.29, 1.82) is 0 Å². The Morgan fingerprint density at radius 2 is 1.44 bits per heavy atom. The third-order valence-electron chi connectivity index (χ3n) is 4.95. The molecule has 4 nitrogen and oxygen atoms in total. The third-order valence-corrected chi connectivity index (χ3v) is 6.26. The van der Waals surface area contributed by atoms with E-state index in [1.54, 1.807) is 0 Å². The Morgan fingerprint density at radius 3 is 1.88 bits per heavy atom. The van der Waals surface area contributed by atoms with Crippen LogP contribution in [0.3, 0.4) is 0 Å². The van der Waals surface area contributed by atoms with Crippen LogP contribution >= 0.6 is 24.2 Å². The molecule has 1 saturated heterocycles. The van der Waals surface area contributed by atoms with Gasteiger partial charge in [-0.25, -0.2) is 26.0 Å². The van der Waals surface area contributed by atoms with E-state index in [1.807, 2.05) is 44.2 Å². The molecular weight excluding hydrogens is 490 g/mol. The summed E-state index contributed by atoms with van der Waals surface area (Å²) in [5, 5.41) is 0. The minimum Gasteiger partial charge on any atom is -0.338 e. The van der Waals surface area contributed by atoms with Crippen LogP contribution in [-0.2, 0) is 15.5 Å². The quantitative estimate of drug-likeness (QED) is 0.312. The van der Waals surface area contributed by atoms with Gasteiger partial charge in [0.15, 0.2) is 28.2 Å². The zero-order valence-electron chi connectivity index (χ0n) is 17.5. The number of carbonyl (C=O) groups excluding carboxylic acids is 1. The van der Waals surface area contributed by atoms with Gasteiger partial charge in [-0.1, -0.05) is 44.2 Å². The van der Waals surface area contributed by atoms with Crippen LogP contribution < -0.4 is 0 Å². The molecule has 178 valence electrons. The summed E-state index contributed by atoms with van der Waals surface area (Å²) in [5.41, 5.74) is -0.345. The van der Waals surface area contributed by atoms with Gasteiger partial charge in [-0.2, -0.15) is 13.5 Å². The first-order chi connectivity index (χ1) is 14.6. The molecule has 0 aromatic heterocycles. The molecule has 1 fully saturated rings. The van der Waals surface area contributed by atoms with Crippen LogP contribution in [0.25, 0.3) is 0 Å². The van der Waals surface area contributed by atoms with Crippen molar-refractivity contribution in [2.24, 2.45) is 5.92 Å². The van der Waals surface area contributed by atoms with Crippen LogP contribution in [0.15, 0.2) is 35.2 Å². The zero-order valence-corrected chi connectivity index (χ0v) is 20.0. The normalized spacial score (nSPS) is 14.3. The Balaban J connectivity index is 0.00000166. The maximum Gasteiger partial charge on any atom is 0.267 e. The number of benzene rings is 2. The van der Waals surface area contributed by atoms with Crippen molar-refractivity contribution >= 4 is 39.1 Å². The number of rotatable bonds is 4. The highest BCUT2D eigenvalue weighted by Crippen LogP contribution is 2.31. The van der Waals surface area contributed by atoms with Crippen LogP contribution in [0.5, 0.6) is 0 Å². The standard InChI is InChI=1S/C19H16ClF4NO3S.C2H6.H2S/c20-29(27,28)18-16(23)14(21)13(15(22)17(18)24)19(26)25-8-6-12(7-9-25)10-11-4-2-1-3-5-11;1-2;/h1-5,12H,6-10H2;1-2H3;1H2. The molecule has 1 heterocycles. The van der Waals surface area contributed by atoms with Crippen LogP contribution in [0.1, 0.15) is 42.6 Å². The van der Waals surface area contributed by atoms with E-state index in [0.29, 0.717) is 12.8 Å². The van der Waals surface area contributed by atoms with Crippen LogP contribution in [0.2, 0.25) is 0 Å². The van der Waals surface area contributed by atoms with Gasteiger partial charge in [-0.3, -0.25) is 4.79 Å². The lowest BCUT2D eigenvalue weighted by molar-refractivity contribution is 0.0677. The molecule has 0 bridgehead atoms. The lowest BCUT2D eigenvalue weighted by atomic mass is 9.90. The molecule has 2 aromatic carbocycles. The second-order valence-electron chi connectivity index (χ2n) is 6.82. The van der Waals surface area contributed by atoms with Crippen molar-refractivity contribution in [3.05, 3.63) is 64.7 Å². The minimum absolute atomic E-state index is 0. The first kappa shape index (κ1) is 28.3. The molecule has 0 unspecified atom stereocenters. The van der Waals surface area contributed by atoms with Gasteiger partial charge in [0.05, 0.1) is 0 Å². The highest BCUT2D eigenvalue weighted by atomic mass is 35.7. The summed E-state index contributed by atoms with van der Waals surface area (Å²) in [6, 6.07) is 9.66. The number of likely N-dealkylation sites (tertiary alicyclic amines) is 1. The first-order valence-corrected chi connectivity index (χ1v) is 12.1. The predicted octanol–water partition coefficient (Wildman–Crippen LogP) is 5.40. The molecule has 0 aliphatic carbocycles. The largest absolute Gasteiger partial charge is 0.338 e. The second-order valence-corrected chi connectivity index (χ2v) is 9.33. The predicted molar refractivity (Wildman–Crippen MR) is 120 cm³/mol. The lowest BCUT2D eigenvalue weighted by Crippen LogP contribution is -2.40. The zero-order chi connectivity index (χ0) is 23.3. The third kappa shape index (κ3) is 6.17. The fraction of sp³-hybridized carbons (Fsp3) is 0.381. The average Bonchev–Trinajstić information content (AvgIpc) is 2.74. The van der Waals surface area contributed by atoms with E-state index in [9.17, 15) is 30.8 Å². The van der Waals surface area contributed by atoms with Crippen LogP contribution in [0.4, 0.5) is 17.6 Å². The van der Waals surface area contributed by atoms with E-state index in [4.69, 9.17) is 10.7 Å². The van der Waals surface area contributed by atoms with Gasteiger partial charge >= 0.3 is 0 Å². The maximum atomic E-state index is 14.3. The van der Waals surface area contributed by atoms with Gasteiger partial charge in [-0.05, 0) is 30.7 Å². The monoisotopic (exact) mass is 513 g/mol. The molecule has 0 N–H and O–H groups in total. The topological polar surface area (TPSA) is 54.5 Å². The fourth-order valence-corrected chi connectivity index (χ4v) is 4.47. The van der Waals surface area contributed by atoms with E-state index in [1.165, 1.54) is 0 Å². The van der Waals surface area contributed by atoms with Crippen molar-refractivity contribution < 1.29 is 30.8 Å². The molecular formula is C21H24ClF4NO3S2. The Kier molecular flexibility index (Phi) is 10.5. The first-order valence-electron chi connectivity index (χ1n) is 9.75. The van der Waals surface area contributed by atoms with E-state index < -0.39 is 48.7 Å². The number of carbonyl (C=O) groups is 1. The van der Waals surface area contributed by atoms with E-state index in [2.05, 4.69) is 0 Å². The Hall–Kier alpha value is -1.78. The second kappa shape index (κ2) is 11.9. The van der Waals surface area contributed by atoms with E-state index in [0.717, 1.165) is 16.9 Å². The molecule has 11 heteroatoms. The maximum absolute atomic E-state index is 14.3. The number of piperidine rings is 1. The van der Waals surface area contributed by atoms with E-state index >= 15 is 0 Å². The van der Waals surface area contributed by atoms with Gasteiger partial charge < -0.3 is 4.90 Å². The molecule has 32 heavy (non-hydrogen) atoms. The molecule has 0 saturated carbocycles. The summed E-state index contributed by atoms with van der Waals surface area (Å²) in [7, 11) is -0.256. The smallest absolute Gasteiger partial charge is 0.267 e. The van der Waals surface area contributed by atoms with Crippen LogP contribution in [-0.4, -0.2) is 32.3 Å². The number of amides is 1. The van der Waals surface area contributed by atoms with E-state index in [-0.39, 0.29) is 32.5 Å². The number of nitrogens with zero attached hydrogens (tertiary/aromatic N) is 1. The highest BCUT2D eigenvalue weighted by Gasteiger charge is 2.36. The van der Waals surface area contributed by atoms with Crippen molar-refractivity contribution in [2.75, 3.05) is 13.1 Å². The Labute approximate surface area is 196 Å². The van der Waals surface area contributed by atoms with Gasteiger partial charge in [0.2, 0.25) is 0 Å². The minimum atomic E-state index is -5.10. The molecule has 3 rings (SSSR count). The van der Waals surface area contributed by atoms with Gasteiger partial charge in [0, 0.05) is 23.8 Å². The summed E-state index contributed by atoms with van der Waals surface area (Å²) < 4.78 is 78.9. The number of hydrogen-bond acceptors (Lipinski definition) is 3. The SMILES string of the molecule is CC.O=C(c1c(F)c(F)c(S(=O)(=O)Cl)c(F)c1F)N1CCC(Cc2ccccc2)CC1.S. The molecule has 0 spiro atoms. The van der Waals surface area contributed by atoms with Gasteiger partial charge in [-0.15, -0.1) is 0 Å². The Morgan fingerprint density at radius 1 is 0.969 bits per heavy atom. The summed E-state index contributed by atoms with van der Waals surface area (Å²) in [4.78, 5) is 11.6. The average molecular weight is 514 g/mol. The molecule has 1 amide bonds. The molecule has 1 aliphatic heterocycles. The Bertz CT molecular complexity index is 1020. The molecule has 0 atom stereocenters. The fourth-order valence-electron chi connectivity index (χ4n) is 3.46. The van der Waals surface area contributed by atoms with Gasteiger partial charge in [0.25, 0.3) is 15.0 Å². The van der Waals surface area contributed by atoms with Crippen molar-refractivity contribution in [2.45, 2.75) is 38.0 Å².